The van der Waals surface area contributed by atoms with Crippen LogP contribution in [0.4, 0.5) is 0 Å². The highest BCUT2D eigenvalue weighted by Crippen LogP contribution is 2.25. The number of benzene rings is 1. The van der Waals surface area contributed by atoms with E-state index in [4.69, 9.17) is 0 Å². The van der Waals surface area contributed by atoms with Crippen LogP contribution in [0.15, 0.2) is 47.6 Å². The quantitative estimate of drug-likeness (QED) is 0.725. The summed E-state index contributed by atoms with van der Waals surface area (Å²) in [6.07, 6.45) is 3.55. The number of aromatic nitrogens is 3. The van der Waals surface area contributed by atoms with Crippen molar-refractivity contribution in [3.8, 4) is 11.4 Å². The highest BCUT2D eigenvalue weighted by molar-refractivity contribution is 7.99. The Balaban J connectivity index is 2.05. The number of fused-ring (bicyclic) bond motifs is 1. The van der Waals surface area contributed by atoms with Crippen LogP contribution in [0.25, 0.3) is 22.4 Å². The summed E-state index contributed by atoms with van der Waals surface area (Å²) in [5.74, 6) is 1.98. The van der Waals surface area contributed by atoms with E-state index in [0.717, 1.165) is 28.2 Å². The summed E-state index contributed by atoms with van der Waals surface area (Å²) in [7, 11) is 0. The summed E-state index contributed by atoms with van der Waals surface area (Å²) in [6.45, 7) is 2.16. The molecule has 0 aliphatic rings. The highest BCUT2D eigenvalue weighted by atomic mass is 32.2. The van der Waals surface area contributed by atoms with Crippen LogP contribution in [0.5, 0.6) is 0 Å². The zero-order chi connectivity index (χ0) is 12.4. The number of rotatable bonds is 3. The first-order valence-electron chi connectivity index (χ1n) is 5.90. The minimum absolute atomic E-state index is 0.900. The molecule has 18 heavy (non-hydrogen) atoms. The first-order valence-corrected chi connectivity index (χ1v) is 6.88. The van der Waals surface area contributed by atoms with E-state index < -0.39 is 0 Å². The Labute approximate surface area is 110 Å². The molecule has 0 spiro atoms. The van der Waals surface area contributed by atoms with Crippen molar-refractivity contribution in [1.82, 2.24) is 15.0 Å². The molecular formula is C14H13N3S. The second kappa shape index (κ2) is 4.82. The van der Waals surface area contributed by atoms with Gasteiger partial charge in [-0.05, 0) is 24.0 Å². The normalized spacial score (nSPS) is 10.9. The molecule has 0 unspecified atom stereocenters. The lowest BCUT2D eigenvalue weighted by molar-refractivity contribution is 1.31. The van der Waals surface area contributed by atoms with Crippen molar-refractivity contribution >= 4 is 22.8 Å². The Morgan fingerprint density at radius 2 is 2.22 bits per heavy atom. The fourth-order valence-electron chi connectivity index (χ4n) is 1.89. The Bertz CT molecular complexity index is 642. The number of thioether (sulfide) groups is 1. The third-order valence-corrected chi connectivity index (χ3v) is 3.58. The Morgan fingerprint density at radius 3 is 3.06 bits per heavy atom. The number of pyridine rings is 1. The Morgan fingerprint density at radius 1 is 1.28 bits per heavy atom. The van der Waals surface area contributed by atoms with Crippen molar-refractivity contribution in [2.45, 2.75) is 11.8 Å². The Hall–Kier alpha value is -1.81. The number of hydrogen-bond donors (Lipinski definition) is 1. The molecule has 0 saturated heterocycles. The largest absolute Gasteiger partial charge is 0.338 e. The van der Waals surface area contributed by atoms with Gasteiger partial charge >= 0.3 is 0 Å². The van der Waals surface area contributed by atoms with E-state index in [0.29, 0.717) is 0 Å². The predicted octanol–water partition coefficient (Wildman–Crippen LogP) is 3.74. The van der Waals surface area contributed by atoms with Crippen LogP contribution < -0.4 is 0 Å². The summed E-state index contributed by atoms with van der Waals surface area (Å²) < 4.78 is 0. The van der Waals surface area contributed by atoms with Crippen LogP contribution in [0.2, 0.25) is 0 Å². The minimum atomic E-state index is 0.900. The van der Waals surface area contributed by atoms with Gasteiger partial charge in [0, 0.05) is 16.7 Å². The van der Waals surface area contributed by atoms with Crippen molar-refractivity contribution in [2.75, 3.05) is 5.75 Å². The van der Waals surface area contributed by atoms with Gasteiger partial charge in [0.05, 0.1) is 11.7 Å². The van der Waals surface area contributed by atoms with Crippen LogP contribution in [-0.4, -0.2) is 20.7 Å². The van der Waals surface area contributed by atoms with Gasteiger partial charge in [-0.1, -0.05) is 19.1 Å². The van der Waals surface area contributed by atoms with Gasteiger partial charge < -0.3 is 4.98 Å². The zero-order valence-corrected chi connectivity index (χ0v) is 10.9. The average molecular weight is 255 g/mol. The number of nitrogens with zero attached hydrogens (tertiary/aromatic N) is 2. The molecule has 4 heteroatoms. The van der Waals surface area contributed by atoms with E-state index in [1.807, 2.05) is 17.8 Å². The van der Waals surface area contributed by atoms with Crippen molar-refractivity contribution in [3.63, 3.8) is 0 Å². The number of imidazole rings is 1. The van der Waals surface area contributed by atoms with Gasteiger partial charge in [-0.3, -0.25) is 4.98 Å². The number of aromatic amines is 1. The van der Waals surface area contributed by atoms with E-state index in [-0.39, 0.29) is 0 Å². The molecule has 0 saturated carbocycles. The van der Waals surface area contributed by atoms with Gasteiger partial charge in [0.1, 0.15) is 11.3 Å². The number of nitrogens with one attached hydrogen (secondary N) is 1. The van der Waals surface area contributed by atoms with Crippen LogP contribution in [0.1, 0.15) is 6.92 Å². The average Bonchev–Trinajstić information content (AvgIpc) is 2.83. The minimum Gasteiger partial charge on any atom is -0.338 e. The summed E-state index contributed by atoms with van der Waals surface area (Å²) in [4.78, 5) is 13.2. The van der Waals surface area contributed by atoms with Gasteiger partial charge in [-0.2, -0.15) is 0 Å². The molecule has 2 aromatic heterocycles. The maximum atomic E-state index is 4.56. The first-order chi connectivity index (χ1) is 8.86. The van der Waals surface area contributed by atoms with Gasteiger partial charge in [-0.25, -0.2) is 4.98 Å². The third kappa shape index (κ3) is 2.11. The van der Waals surface area contributed by atoms with Gasteiger partial charge in [0.15, 0.2) is 0 Å². The SMILES string of the molecule is CCSc1cccc(-c2nc3cnccc3[nH]2)c1. The first kappa shape index (κ1) is 11.3. The number of H-pyrrole nitrogens is 1. The van der Waals surface area contributed by atoms with E-state index in [9.17, 15) is 0 Å². The lowest BCUT2D eigenvalue weighted by atomic mass is 10.2. The molecule has 90 valence electrons. The molecule has 3 nitrogen and oxygen atoms in total. The summed E-state index contributed by atoms with van der Waals surface area (Å²) in [5, 5.41) is 0. The monoisotopic (exact) mass is 255 g/mol. The molecule has 0 radical (unpaired) electrons. The van der Waals surface area contributed by atoms with E-state index in [1.54, 1.807) is 12.4 Å². The van der Waals surface area contributed by atoms with Crippen LogP contribution in [0, 0.1) is 0 Å². The number of hydrogen-bond acceptors (Lipinski definition) is 3. The van der Waals surface area contributed by atoms with Crippen molar-refractivity contribution in [3.05, 3.63) is 42.7 Å². The Kier molecular flexibility index (Phi) is 3.02. The van der Waals surface area contributed by atoms with Crippen LogP contribution in [0.3, 0.4) is 0 Å². The molecular weight excluding hydrogens is 242 g/mol. The second-order valence-corrected chi connectivity index (χ2v) is 5.28. The lowest BCUT2D eigenvalue weighted by Gasteiger charge is -2.01. The molecule has 0 bridgehead atoms. The standard InChI is InChI=1S/C14H13N3S/c1-2-18-11-5-3-4-10(8-11)14-16-12-6-7-15-9-13(12)17-14/h3-9H,2H2,1H3,(H,16,17). The molecule has 2 heterocycles. The highest BCUT2D eigenvalue weighted by Gasteiger charge is 2.05. The molecule has 1 aromatic carbocycles. The maximum Gasteiger partial charge on any atom is 0.138 e. The molecule has 0 amide bonds. The molecule has 0 aliphatic carbocycles. The van der Waals surface area contributed by atoms with Gasteiger partial charge in [-0.15, -0.1) is 11.8 Å². The van der Waals surface area contributed by atoms with Crippen molar-refractivity contribution in [2.24, 2.45) is 0 Å². The second-order valence-electron chi connectivity index (χ2n) is 3.94. The molecule has 3 rings (SSSR count). The zero-order valence-electron chi connectivity index (χ0n) is 10.1. The molecule has 0 fully saturated rings. The molecule has 0 atom stereocenters. The maximum absolute atomic E-state index is 4.56. The van der Waals surface area contributed by atoms with Crippen molar-refractivity contribution in [1.29, 1.82) is 0 Å². The van der Waals surface area contributed by atoms with E-state index in [2.05, 4.69) is 46.1 Å². The molecule has 3 aromatic rings. The summed E-state index contributed by atoms with van der Waals surface area (Å²) >= 11 is 1.84. The van der Waals surface area contributed by atoms with Gasteiger partial charge in [0.2, 0.25) is 0 Å². The smallest absolute Gasteiger partial charge is 0.138 e. The molecule has 0 aliphatic heterocycles. The summed E-state index contributed by atoms with van der Waals surface area (Å²) in [5.41, 5.74) is 3.04. The van der Waals surface area contributed by atoms with Crippen LogP contribution in [-0.2, 0) is 0 Å². The fraction of sp³-hybridized carbons (Fsp3) is 0.143. The van der Waals surface area contributed by atoms with Crippen molar-refractivity contribution < 1.29 is 0 Å². The van der Waals surface area contributed by atoms with Crippen LogP contribution >= 0.6 is 11.8 Å². The van der Waals surface area contributed by atoms with E-state index >= 15 is 0 Å². The topological polar surface area (TPSA) is 41.6 Å². The lowest BCUT2D eigenvalue weighted by Crippen LogP contribution is -1.81. The van der Waals surface area contributed by atoms with E-state index in [1.165, 1.54) is 4.90 Å². The fourth-order valence-corrected chi connectivity index (χ4v) is 2.61. The summed E-state index contributed by atoms with van der Waals surface area (Å²) in [6, 6.07) is 10.4. The third-order valence-electron chi connectivity index (χ3n) is 2.70. The predicted molar refractivity (Wildman–Crippen MR) is 75.7 cm³/mol. The van der Waals surface area contributed by atoms with Gasteiger partial charge in [0.25, 0.3) is 0 Å². The molecule has 1 N–H and O–H groups in total.